The monoisotopic (exact) mass is 627 g/mol. The molecule has 4 aromatic carbocycles. The number of thioether (sulfide) groups is 1. The molecule has 4 aromatic rings. The Hall–Kier alpha value is -4.61. The number of rotatable bonds is 9. The summed E-state index contributed by atoms with van der Waals surface area (Å²) in [6.07, 6.45) is -3.29. The van der Waals surface area contributed by atoms with Gasteiger partial charge in [-0.3, -0.25) is 14.4 Å². The summed E-state index contributed by atoms with van der Waals surface area (Å²) < 4.78 is 53.2. The topological polar surface area (TPSA) is 87.3 Å². The maximum atomic E-state index is 13.4. The number of benzene rings is 4. The average Bonchev–Trinajstić information content (AvgIpc) is 2.98. The van der Waals surface area contributed by atoms with Crippen LogP contribution in [0, 0.1) is 5.82 Å². The maximum absolute atomic E-state index is 13.4. The third-order valence-electron chi connectivity index (χ3n) is 5.75. The van der Waals surface area contributed by atoms with Crippen molar-refractivity contribution in [3.8, 4) is 0 Å². The van der Waals surface area contributed by atoms with Crippen molar-refractivity contribution in [2.24, 2.45) is 0 Å². The molecule has 0 aliphatic carbocycles. The van der Waals surface area contributed by atoms with E-state index in [9.17, 15) is 31.9 Å². The molecule has 0 unspecified atom stereocenters. The normalized spacial score (nSPS) is 11.5. The summed E-state index contributed by atoms with van der Waals surface area (Å²) in [7, 11) is 0. The second-order valence-electron chi connectivity index (χ2n) is 8.93. The van der Waals surface area contributed by atoms with Crippen molar-refractivity contribution < 1.29 is 31.9 Å². The van der Waals surface area contributed by atoms with Crippen LogP contribution in [0.25, 0.3) is 6.08 Å². The number of anilines is 2. The fourth-order valence-electron chi connectivity index (χ4n) is 3.70. The predicted octanol–water partition coefficient (Wildman–Crippen LogP) is 7.64. The highest BCUT2D eigenvalue weighted by atomic mass is 35.5. The summed E-state index contributed by atoms with van der Waals surface area (Å²) in [6, 6.07) is 23.1. The van der Waals surface area contributed by atoms with Gasteiger partial charge in [-0.2, -0.15) is 13.2 Å². The second-order valence-corrected chi connectivity index (χ2v) is 10.4. The molecule has 0 aromatic heterocycles. The van der Waals surface area contributed by atoms with Crippen molar-refractivity contribution in [3.05, 3.63) is 130 Å². The zero-order valence-corrected chi connectivity index (χ0v) is 23.6. The number of nitrogens with one attached hydrogen (secondary N) is 3. The Morgan fingerprint density at radius 1 is 0.837 bits per heavy atom. The number of halogens is 5. The minimum Gasteiger partial charge on any atom is -0.325 e. The summed E-state index contributed by atoms with van der Waals surface area (Å²) in [4.78, 5) is 38.8. The van der Waals surface area contributed by atoms with Crippen LogP contribution in [0.2, 0.25) is 5.02 Å². The molecule has 0 bridgehead atoms. The number of alkyl halides is 3. The minimum absolute atomic E-state index is 0.0870. The van der Waals surface area contributed by atoms with E-state index in [0.29, 0.717) is 21.7 Å². The Kier molecular flexibility index (Phi) is 10.2. The first-order chi connectivity index (χ1) is 20.5. The van der Waals surface area contributed by atoms with E-state index < -0.39 is 41.0 Å². The van der Waals surface area contributed by atoms with E-state index in [0.717, 1.165) is 23.9 Å². The van der Waals surface area contributed by atoms with Crippen LogP contribution in [0.4, 0.5) is 28.9 Å². The highest BCUT2D eigenvalue weighted by Crippen LogP contribution is 2.36. The standard InChI is InChI=1S/C31H22ClF4N3O3S/c32-21-8-15-26(25(17-21)31(34,35)36)38-28(40)18-43-24-13-11-23(12-14-24)37-30(42)27(16-19-6-9-22(33)10-7-19)39-29(41)20-4-2-1-3-5-20/h1-17H,18H2,(H,37,42)(H,38,40)(H,39,41)/b27-16-. The molecule has 0 fully saturated rings. The van der Waals surface area contributed by atoms with Crippen LogP contribution in [0.15, 0.2) is 108 Å². The van der Waals surface area contributed by atoms with Crippen LogP contribution < -0.4 is 16.0 Å². The number of hydrogen-bond acceptors (Lipinski definition) is 4. The third-order valence-corrected chi connectivity index (χ3v) is 7.00. The van der Waals surface area contributed by atoms with Crippen LogP contribution in [0.3, 0.4) is 0 Å². The van der Waals surface area contributed by atoms with Crippen LogP contribution in [0.5, 0.6) is 0 Å². The molecule has 0 aliphatic rings. The van der Waals surface area contributed by atoms with Gasteiger partial charge in [0.2, 0.25) is 5.91 Å². The Labute approximate surface area is 253 Å². The molecule has 0 aliphatic heterocycles. The van der Waals surface area contributed by atoms with E-state index in [1.165, 1.54) is 36.4 Å². The van der Waals surface area contributed by atoms with Crippen molar-refractivity contribution in [2.75, 3.05) is 16.4 Å². The van der Waals surface area contributed by atoms with E-state index in [2.05, 4.69) is 16.0 Å². The summed E-state index contributed by atoms with van der Waals surface area (Å²) in [5.41, 5.74) is -0.359. The predicted molar refractivity (Wildman–Crippen MR) is 159 cm³/mol. The molecule has 3 N–H and O–H groups in total. The lowest BCUT2D eigenvalue weighted by Crippen LogP contribution is -2.30. The Balaban J connectivity index is 1.40. The van der Waals surface area contributed by atoms with Gasteiger partial charge in [0.15, 0.2) is 0 Å². The molecule has 4 rings (SSSR count). The van der Waals surface area contributed by atoms with Gasteiger partial charge in [-0.15, -0.1) is 11.8 Å². The van der Waals surface area contributed by atoms with Crippen molar-refractivity contribution in [2.45, 2.75) is 11.1 Å². The molecule has 12 heteroatoms. The van der Waals surface area contributed by atoms with E-state index in [4.69, 9.17) is 11.6 Å². The second kappa shape index (κ2) is 14.0. The van der Waals surface area contributed by atoms with Gasteiger partial charge in [0.1, 0.15) is 11.5 Å². The Bertz CT molecular complexity index is 1650. The first kappa shape index (κ1) is 31.3. The number of hydrogen-bond donors (Lipinski definition) is 3. The summed E-state index contributed by atoms with van der Waals surface area (Å²) in [5, 5.41) is 7.42. The number of amides is 3. The molecule has 0 radical (unpaired) electrons. The number of carbonyl (C=O) groups is 3. The van der Waals surface area contributed by atoms with Gasteiger partial charge >= 0.3 is 6.18 Å². The molecule has 3 amide bonds. The first-order valence-electron chi connectivity index (χ1n) is 12.5. The zero-order valence-electron chi connectivity index (χ0n) is 22.0. The van der Waals surface area contributed by atoms with E-state index in [1.807, 2.05) is 0 Å². The van der Waals surface area contributed by atoms with Gasteiger partial charge in [0.25, 0.3) is 11.8 Å². The lowest BCUT2D eigenvalue weighted by Gasteiger charge is -2.14. The molecule has 0 saturated heterocycles. The number of carbonyl (C=O) groups excluding carboxylic acids is 3. The third kappa shape index (κ3) is 9.19. The minimum atomic E-state index is -4.70. The summed E-state index contributed by atoms with van der Waals surface area (Å²) >= 11 is 6.75. The molecule has 220 valence electrons. The lowest BCUT2D eigenvalue weighted by molar-refractivity contribution is -0.137. The highest BCUT2D eigenvalue weighted by Gasteiger charge is 2.34. The molecule has 0 saturated carbocycles. The quantitative estimate of drug-likeness (QED) is 0.101. The molecule has 43 heavy (non-hydrogen) atoms. The van der Waals surface area contributed by atoms with Gasteiger partial charge in [-0.1, -0.05) is 41.9 Å². The molecule has 0 atom stereocenters. The van der Waals surface area contributed by atoms with Crippen molar-refractivity contribution in [1.29, 1.82) is 0 Å². The summed E-state index contributed by atoms with van der Waals surface area (Å²) in [6.45, 7) is 0. The Morgan fingerprint density at radius 2 is 1.51 bits per heavy atom. The zero-order chi connectivity index (χ0) is 31.0. The first-order valence-corrected chi connectivity index (χ1v) is 13.9. The van der Waals surface area contributed by atoms with Crippen LogP contribution in [0.1, 0.15) is 21.5 Å². The van der Waals surface area contributed by atoms with Crippen LogP contribution in [-0.4, -0.2) is 23.5 Å². The highest BCUT2D eigenvalue weighted by molar-refractivity contribution is 8.00. The SMILES string of the molecule is O=C(CSc1ccc(NC(=O)/C(=C/c2ccc(F)cc2)NC(=O)c2ccccc2)cc1)Nc1ccc(Cl)cc1C(F)(F)F. The Morgan fingerprint density at radius 3 is 2.16 bits per heavy atom. The van der Waals surface area contributed by atoms with Gasteiger partial charge < -0.3 is 16.0 Å². The van der Waals surface area contributed by atoms with E-state index >= 15 is 0 Å². The molecular weight excluding hydrogens is 606 g/mol. The fourth-order valence-corrected chi connectivity index (χ4v) is 4.57. The van der Waals surface area contributed by atoms with Gasteiger partial charge in [-0.05, 0) is 78.4 Å². The molecule has 6 nitrogen and oxygen atoms in total. The van der Waals surface area contributed by atoms with Crippen molar-refractivity contribution in [1.82, 2.24) is 5.32 Å². The van der Waals surface area contributed by atoms with Gasteiger partial charge in [0, 0.05) is 21.2 Å². The summed E-state index contributed by atoms with van der Waals surface area (Å²) in [5.74, 6) is -2.45. The van der Waals surface area contributed by atoms with Crippen molar-refractivity contribution in [3.63, 3.8) is 0 Å². The van der Waals surface area contributed by atoms with Crippen LogP contribution in [-0.2, 0) is 15.8 Å². The molecular formula is C31H22ClF4N3O3S. The molecule has 0 heterocycles. The smallest absolute Gasteiger partial charge is 0.325 e. The van der Waals surface area contributed by atoms with E-state index in [1.54, 1.807) is 54.6 Å². The fraction of sp³-hybridized carbons (Fsp3) is 0.0645. The van der Waals surface area contributed by atoms with E-state index in [-0.39, 0.29) is 16.5 Å². The maximum Gasteiger partial charge on any atom is 0.418 e. The lowest BCUT2D eigenvalue weighted by atomic mass is 10.1. The van der Waals surface area contributed by atoms with Crippen LogP contribution >= 0.6 is 23.4 Å². The van der Waals surface area contributed by atoms with Gasteiger partial charge in [0.05, 0.1) is 17.0 Å². The van der Waals surface area contributed by atoms with Gasteiger partial charge in [-0.25, -0.2) is 4.39 Å². The molecule has 0 spiro atoms. The van der Waals surface area contributed by atoms with Crippen molar-refractivity contribution >= 4 is 58.5 Å². The average molecular weight is 628 g/mol. The largest absolute Gasteiger partial charge is 0.418 e.